The maximum absolute atomic E-state index is 14.3. The summed E-state index contributed by atoms with van der Waals surface area (Å²) < 4.78 is 18.7. The highest BCUT2D eigenvalue weighted by molar-refractivity contribution is 7.23. The normalized spacial score (nSPS) is 20.9. The number of aryl methyl sites for hydroxylation is 3. The highest BCUT2D eigenvalue weighted by atomic mass is 32.1. The predicted molar refractivity (Wildman–Crippen MR) is 176 cm³/mol. The van der Waals surface area contributed by atoms with Crippen molar-refractivity contribution in [3.05, 3.63) is 70.8 Å². The van der Waals surface area contributed by atoms with Gasteiger partial charge in [0.1, 0.15) is 5.82 Å². The van der Waals surface area contributed by atoms with Gasteiger partial charge in [-0.1, -0.05) is 6.07 Å². The van der Waals surface area contributed by atoms with E-state index >= 15 is 0 Å². The summed E-state index contributed by atoms with van der Waals surface area (Å²) in [6.07, 6.45) is 9.39. The first-order chi connectivity index (χ1) is 23.1. The first-order valence-corrected chi connectivity index (χ1v) is 17.4. The third kappa shape index (κ3) is 5.01. The lowest BCUT2D eigenvalue weighted by molar-refractivity contribution is 0.00352. The van der Waals surface area contributed by atoms with Crippen LogP contribution >= 0.6 is 11.3 Å². The summed E-state index contributed by atoms with van der Waals surface area (Å²) in [4.78, 5) is 31.8. The molecule has 5 aromatic heterocycles. The molecule has 1 aliphatic carbocycles. The molecule has 2 fully saturated rings. The molecule has 4 aliphatic rings. The van der Waals surface area contributed by atoms with Crippen molar-refractivity contribution < 1.29 is 18.7 Å². The average molecular weight is 650 g/mol. The average Bonchev–Trinajstić information content (AvgIpc) is 3.90. The summed E-state index contributed by atoms with van der Waals surface area (Å²) >= 11 is 1.64. The Bertz CT molecular complexity index is 2000. The highest BCUT2D eigenvalue weighted by Gasteiger charge is 2.44. The fraction of sp³-hybridized carbons (Fsp3) is 0.429. The number of ether oxygens (including phenoxy) is 2. The molecule has 2 saturated heterocycles. The SMILES string of the molecule is Cc1nnc(-c2c(CCC3CCOCC3)nc3c(c2-c2cc4ccnc(NC5CCc6ncccc65)c4s2)C(=O)N2CCOC[C@@H]32)o1. The lowest BCUT2D eigenvalue weighted by atomic mass is 9.90. The van der Waals surface area contributed by atoms with Crippen LogP contribution in [0.3, 0.4) is 0 Å². The number of pyridine rings is 3. The van der Waals surface area contributed by atoms with E-state index in [0.717, 1.165) is 101 Å². The van der Waals surface area contributed by atoms with E-state index in [4.69, 9.17) is 23.9 Å². The number of fused-ring (bicyclic) bond motifs is 5. The minimum atomic E-state index is -0.213. The Hall–Kier alpha value is -4.26. The van der Waals surface area contributed by atoms with Crippen LogP contribution in [0.1, 0.15) is 76.7 Å². The molecule has 5 aromatic rings. The molecular formula is C35H35N7O4S. The van der Waals surface area contributed by atoms with Crippen molar-refractivity contribution in [3.63, 3.8) is 0 Å². The second kappa shape index (κ2) is 11.8. The van der Waals surface area contributed by atoms with Crippen LogP contribution in [0.15, 0.2) is 41.1 Å². The largest absolute Gasteiger partial charge is 0.421 e. The van der Waals surface area contributed by atoms with Gasteiger partial charge >= 0.3 is 0 Å². The number of carbonyl (C=O) groups is 1. The van der Waals surface area contributed by atoms with Gasteiger partial charge < -0.3 is 24.1 Å². The molecule has 240 valence electrons. The summed E-state index contributed by atoms with van der Waals surface area (Å²) in [5.74, 6) is 2.23. The van der Waals surface area contributed by atoms with Gasteiger partial charge in [0, 0.05) is 55.2 Å². The quantitative estimate of drug-likeness (QED) is 0.221. The summed E-state index contributed by atoms with van der Waals surface area (Å²) in [7, 11) is 0. The fourth-order valence-corrected chi connectivity index (χ4v) is 8.84. The van der Waals surface area contributed by atoms with Crippen molar-refractivity contribution in [2.24, 2.45) is 5.92 Å². The van der Waals surface area contributed by atoms with Crippen LogP contribution < -0.4 is 5.32 Å². The van der Waals surface area contributed by atoms with Gasteiger partial charge in [-0.2, -0.15) is 0 Å². The van der Waals surface area contributed by atoms with E-state index in [2.05, 4.69) is 32.6 Å². The zero-order valence-corrected chi connectivity index (χ0v) is 27.0. The molecule has 9 rings (SSSR count). The molecule has 0 aromatic carbocycles. The van der Waals surface area contributed by atoms with E-state index < -0.39 is 0 Å². The number of aromatic nitrogens is 5. The number of rotatable bonds is 7. The van der Waals surface area contributed by atoms with Gasteiger partial charge in [0.25, 0.3) is 5.91 Å². The molecule has 1 unspecified atom stereocenters. The Kier molecular flexibility index (Phi) is 7.24. The smallest absolute Gasteiger partial charge is 0.257 e. The van der Waals surface area contributed by atoms with Gasteiger partial charge in [0.15, 0.2) is 0 Å². The second-order valence-electron chi connectivity index (χ2n) is 12.8. The number of morpholine rings is 1. The molecule has 2 atom stereocenters. The Labute approximate surface area is 275 Å². The highest BCUT2D eigenvalue weighted by Crippen LogP contribution is 2.49. The minimum Gasteiger partial charge on any atom is -0.421 e. The standard InChI is InChI=1S/C35H35N7O4S/c1-19-40-41-34(46-19)28-25(5-4-20-9-14-44-15-10-20)38-31-26-18-45-16-13-42(26)35(43)30(31)29(28)27-17-21-8-12-37-33(32(21)47-27)39-24-7-6-23-22(24)3-2-11-36-23/h2-3,8,11-12,17,20,24,26H,4-7,9-10,13-16,18H2,1H3,(H,37,39)/t24?,26-/m0/s1. The molecule has 47 heavy (non-hydrogen) atoms. The van der Waals surface area contributed by atoms with Crippen LogP contribution in [0.4, 0.5) is 5.82 Å². The number of anilines is 1. The number of nitrogens with zero attached hydrogens (tertiary/aromatic N) is 6. The number of carbonyl (C=O) groups excluding carboxylic acids is 1. The van der Waals surface area contributed by atoms with Crippen molar-refractivity contribution in [1.82, 2.24) is 30.0 Å². The topological polar surface area (TPSA) is 128 Å². The monoisotopic (exact) mass is 649 g/mol. The molecule has 1 amide bonds. The predicted octanol–water partition coefficient (Wildman–Crippen LogP) is 6.10. The van der Waals surface area contributed by atoms with E-state index in [0.29, 0.717) is 43.0 Å². The Morgan fingerprint density at radius 1 is 1.02 bits per heavy atom. The lowest BCUT2D eigenvalue weighted by Gasteiger charge is -2.29. The van der Waals surface area contributed by atoms with Gasteiger partial charge in [0.2, 0.25) is 11.8 Å². The van der Waals surface area contributed by atoms with Gasteiger partial charge in [-0.05, 0) is 73.6 Å². The molecule has 8 heterocycles. The Morgan fingerprint density at radius 2 is 1.94 bits per heavy atom. The van der Waals surface area contributed by atoms with Crippen LogP contribution in [0.2, 0.25) is 0 Å². The van der Waals surface area contributed by atoms with Crippen molar-refractivity contribution in [2.45, 2.75) is 57.5 Å². The summed E-state index contributed by atoms with van der Waals surface area (Å²) in [5, 5.41) is 13.5. The fourth-order valence-electron chi connectivity index (χ4n) is 7.68. The van der Waals surface area contributed by atoms with Crippen LogP contribution in [0.25, 0.3) is 32.0 Å². The van der Waals surface area contributed by atoms with Gasteiger partial charge in [-0.15, -0.1) is 21.5 Å². The van der Waals surface area contributed by atoms with Gasteiger partial charge in [-0.25, -0.2) is 4.98 Å². The number of hydrogen-bond donors (Lipinski definition) is 1. The van der Waals surface area contributed by atoms with Crippen molar-refractivity contribution >= 4 is 33.1 Å². The summed E-state index contributed by atoms with van der Waals surface area (Å²) in [5.41, 5.74) is 6.24. The number of thiophene rings is 1. The number of amides is 1. The zero-order valence-electron chi connectivity index (χ0n) is 26.2. The van der Waals surface area contributed by atoms with Gasteiger partial charge in [0.05, 0.1) is 52.5 Å². The van der Waals surface area contributed by atoms with E-state index in [1.54, 1.807) is 18.3 Å². The molecule has 3 aliphatic heterocycles. The third-order valence-corrected chi connectivity index (χ3v) is 11.2. The Balaban J connectivity index is 1.21. The molecular weight excluding hydrogens is 614 g/mol. The third-order valence-electron chi connectivity index (χ3n) is 10.1. The number of hydrogen-bond acceptors (Lipinski definition) is 11. The molecule has 1 N–H and O–H groups in total. The molecule has 0 radical (unpaired) electrons. The molecule has 0 spiro atoms. The molecule has 0 bridgehead atoms. The van der Waals surface area contributed by atoms with Crippen LogP contribution in [-0.4, -0.2) is 68.9 Å². The number of nitrogens with one attached hydrogen (secondary N) is 1. The van der Waals surface area contributed by atoms with Crippen LogP contribution in [0.5, 0.6) is 0 Å². The second-order valence-corrected chi connectivity index (χ2v) is 13.9. The first-order valence-electron chi connectivity index (χ1n) is 16.6. The van der Waals surface area contributed by atoms with Gasteiger partial charge in [-0.3, -0.25) is 14.8 Å². The maximum Gasteiger partial charge on any atom is 0.257 e. The van der Waals surface area contributed by atoms with E-state index in [1.165, 1.54) is 5.56 Å². The van der Waals surface area contributed by atoms with Crippen molar-refractivity contribution in [2.75, 3.05) is 38.3 Å². The molecule has 12 heteroatoms. The van der Waals surface area contributed by atoms with Crippen molar-refractivity contribution in [1.29, 1.82) is 0 Å². The summed E-state index contributed by atoms with van der Waals surface area (Å²) in [6, 6.07) is 8.28. The van der Waals surface area contributed by atoms with E-state index in [9.17, 15) is 4.79 Å². The maximum atomic E-state index is 14.3. The molecule has 0 saturated carbocycles. The lowest BCUT2D eigenvalue weighted by Crippen LogP contribution is -2.38. The molecule has 11 nitrogen and oxygen atoms in total. The van der Waals surface area contributed by atoms with Crippen LogP contribution in [-0.2, 0) is 22.3 Å². The zero-order chi connectivity index (χ0) is 31.5. The van der Waals surface area contributed by atoms with Crippen LogP contribution in [0, 0.1) is 12.8 Å². The van der Waals surface area contributed by atoms with E-state index in [1.807, 2.05) is 29.4 Å². The summed E-state index contributed by atoms with van der Waals surface area (Å²) in [6.45, 7) is 4.87. The minimum absolute atomic E-state index is 0.0201. The van der Waals surface area contributed by atoms with E-state index in [-0.39, 0.29) is 18.0 Å². The Morgan fingerprint density at radius 3 is 2.81 bits per heavy atom. The van der Waals surface area contributed by atoms with Crippen molar-refractivity contribution in [3.8, 4) is 21.9 Å². The first kappa shape index (κ1) is 28.9.